The SMILES string of the molecule is CCC(N)C(=O)NCC(C)CO. The number of aliphatic hydroxyl groups excluding tert-OH is 1. The smallest absolute Gasteiger partial charge is 0.236 e. The van der Waals surface area contributed by atoms with Gasteiger partial charge in [-0.05, 0) is 12.3 Å². The molecular formula is C8H18N2O2. The maximum absolute atomic E-state index is 11.1. The first-order valence-corrected chi connectivity index (χ1v) is 4.26. The van der Waals surface area contributed by atoms with Crippen molar-refractivity contribution in [2.24, 2.45) is 11.7 Å². The minimum atomic E-state index is -0.420. The van der Waals surface area contributed by atoms with E-state index in [1.165, 1.54) is 0 Å². The highest BCUT2D eigenvalue weighted by atomic mass is 16.3. The lowest BCUT2D eigenvalue weighted by molar-refractivity contribution is -0.122. The molecule has 12 heavy (non-hydrogen) atoms. The summed E-state index contributed by atoms with van der Waals surface area (Å²) in [7, 11) is 0. The molecule has 1 amide bonds. The Morgan fingerprint density at radius 1 is 1.67 bits per heavy atom. The zero-order chi connectivity index (χ0) is 9.56. The molecule has 72 valence electrons. The van der Waals surface area contributed by atoms with Crippen molar-refractivity contribution in [3.8, 4) is 0 Å². The van der Waals surface area contributed by atoms with Crippen LogP contribution in [0, 0.1) is 5.92 Å². The fraction of sp³-hybridized carbons (Fsp3) is 0.875. The van der Waals surface area contributed by atoms with E-state index in [2.05, 4.69) is 5.32 Å². The Bertz CT molecular complexity index is 139. The lowest BCUT2D eigenvalue weighted by Crippen LogP contribution is -2.42. The zero-order valence-electron chi connectivity index (χ0n) is 7.71. The van der Waals surface area contributed by atoms with Crippen molar-refractivity contribution in [1.82, 2.24) is 5.32 Å². The van der Waals surface area contributed by atoms with Gasteiger partial charge in [-0.15, -0.1) is 0 Å². The van der Waals surface area contributed by atoms with Crippen molar-refractivity contribution in [1.29, 1.82) is 0 Å². The topological polar surface area (TPSA) is 75.4 Å². The lowest BCUT2D eigenvalue weighted by Gasteiger charge is -2.12. The molecule has 0 radical (unpaired) electrons. The third-order valence-electron chi connectivity index (χ3n) is 1.71. The minimum absolute atomic E-state index is 0.0850. The summed E-state index contributed by atoms with van der Waals surface area (Å²) in [4.78, 5) is 11.1. The standard InChI is InChI=1S/C8H18N2O2/c1-3-7(9)8(12)10-4-6(2)5-11/h6-7,11H,3-5,9H2,1-2H3,(H,10,12). The van der Waals surface area contributed by atoms with Crippen LogP contribution in [0.3, 0.4) is 0 Å². The van der Waals surface area contributed by atoms with Gasteiger partial charge in [0.15, 0.2) is 0 Å². The first kappa shape index (κ1) is 11.4. The van der Waals surface area contributed by atoms with Crippen LogP contribution in [-0.2, 0) is 4.79 Å². The second-order valence-corrected chi connectivity index (χ2v) is 3.05. The van der Waals surface area contributed by atoms with Gasteiger partial charge in [0.05, 0.1) is 6.04 Å². The van der Waals surface area contributed by atoms with E-state index in [9.17, 15) is 4.79 Å². The molecule has 0 spiro atoms. The molecule has 2 unspecified atom stereocenters. The third-order valence-corrected chi connectivity index (χ3v) is 1.71. The van der Waals surface area contributed by atoms with Gasteiger partial charge in [-0.1, -0.05) is 13.8 Å². The Labute approximate surface area is 73.1 Å². The van der Waals surface area contributed by atoms with Gasteiger partial charge in [0, 0.05) is 13.2 Å². The van der Waals surface area contributed by atoms with E-state index in [-0.39, 0.29) is 18.4 Å². The normalized spacial score (nSPS) is 15.3. The van der Waals surface area contributed by atoms with Crippen molar-refractivity contribution >= 4 is 5.91 Å². The summed E-state index contributed by atoms with van der Waals surface area (Å²) >= 11 is 0. The lowest BCUT2D eigenvalue weighted by atomic mass is 10.2. The molecular weight excluding hydrogens is 156 g/mol. The highest BCUT2D eigenvalue weighted by molar-refractivity contribution is 5.81. The van der Waals surface area contributed by atoms with E-state index in [1.54, 1.807) is 0 Å². The number of aliphatic hydroxyl groups is 1. The first-order chi connectivity index (χ1) is 5.61. The number of hydrogen-bond acceptors (Lipinski definition) is 3. The second-order valence-electron chi connectivity index (χ2n) is 3.05. The molecule has 0 aliphatic carbocycles. The molecule has 0 bridgehead atoms. The van der Waals surface area contributed by atoms with E-state index in [0.717, 1.165) is 0 Å². The third kappa shape index (κ3) is 4.31. The van der Waals surface area contributed by atoms with Crippen LogP contribution < -0.4 is 11.1 Å². The molecule has 0 fully saturated rings. The Morgan fingerprint density at radius 3 is 2.67 bits per heavy atom. The predicted molar refractivity (Wildman–Crippen MR) is 47.5 cm³/mol. The minimum Gasteiger partial charge on any atom is -0.396 e. The maximum Gasteiger partial charge on any atom is 0.236 e. The summed E-state index contributed by atoms with van der Waals surface area (Å²) in [5.41, 5.74) is 5.47. The molecule has 0 saturated carbocycles. The fourth-order valence-electron chi connectivity index (χ4n) is 0.656. The van der Waals surface area contributed by atoms with Crippen LogP contribution in [0.1, 0.15) is 20.3 Å². The van der Waals surface area contributed by atoms with Crippen LogP contribution in [0.15, 0.2) is 0 Å². The molecule has 0 aliphatic rings. The van der Waals surface area contributed by atoms with E-state index in [4.69, 9.17) is 10.8 Å². The number of carbonyl (C=O) groups is 1. The monoisotopic (exact) mass is 174 g/mol. The van der Waals surface area contributed by atoms with Crippen LogP contribution in [0.4, 0.5) is 0 Å². The second kappa shape index (κ2) is 5.97. The molecule has 0 heterocycles. The van der Waals surface area contributed by atoms with Gasteiger partial charge in [0.1, 0.15) is 0 Å². The Hall–Kier alpha value is -0.610. The van der Waals surface area contributed by atoms with Gasteiger partial charge >= 0.3 is 0 Å². The first-order valence-electron chi connectivity index (χ1n) is 4.26. The van der Waals surface area contributed by atoms with Crippen LogP contribution in [0.2, 0.25) is 0 Å². The molecule has 0 aliphatic heterocycles. The van der Waals surface area contributed by atoms with Crippen LogP contribution >= 0.6 is 0 Å². The summed E-state index contributed by atoms with van der Waals surface area (Å²) in [6, 6.07) is -0.420. The number of nitrogens with one attached hydrogen (secondary N) is 1. The number of hydrogen-bond donors (Lipinski definition) is 3. The van der Waals surface area contributed by atoms with Gasteiger partial charge in [-0.25, -0.2) is 0 Å². The van der Waals surface area contributed by atoms with E-state index < -0.39 is 6.04 Å². The summed E-state index contributed by atoms with van der Waals surface area (Å²) in [6.45, 7) is 4.29. The molecule has 2 atom stereocenters. The van der Waals surface area contributed by atoms with Crippen molar-refractivity contribution in [3.05, 3.63) is 0 Å². The summed E-state index contributed by atoms with van der Waals surface area (Å²) in [6.07, 6.45) is 0.638. The highest BCUT2D eigenvalue weighted by Crippen LogP contribution is 1.90. The molecule has 0 saturated heterocycles. The van der Waals surface area contributed by atoms with Crippen molar-refractivity contribution in [2.45, 2.75) is 26.3 Å². The van der Waals surface area contributed by atoms with Gasteiger partial charge < -0.3 is 16.2 Å². The van der Waals surface area contributed by atoms with Gasteiger partial charge in [0.25, 0.3) is 0 Å². The van der Waals surface area contributed by atoms with Crippen molar-refractivity contribution in [2.75, 3.05) is 13.2 Å². The molecule has 0 aromatic carbocycles. The molecule has 4 nitrogen and oxygen atoms in total. The molecule has 4 N–H and O–H groups in total. The van der Waals surface area contributed by atoms with Gasteiger partial charge in [-0.3, -0.25) is 4.79 Å². The van der Waals surface area contributed by atoms with Gasteiger partial charge in [0.2, 0.25) is 5.91 Å². The Kier molecular flexibility index (Phi) is 5.66. The maximum atomic E-state index is 11.1. The number of rotatable bonds is 5. The molecule has 0 aromatic rings. The van der Waals surface area contributed by atoms with E-state index >= 15 is 0 Å². The quantitative estimate of drug-likeness (QED) is 0.524. The number of nitrogens with two attached hydrogens (primary N) is 1. The molecule has 4 heteroatoms. The highest BCUT2D eigenvalue weighted by Gasteiger charge is 2.10. The molecule has 0 aromatic heterocycles. The number of carbonyl (C=O) groups excluding carboxylic acids is 1. The Morgan fingerprint density at radius 2 is 2.25 bits per heavy atom. The molecule has 0 rings (SSSR count). The van der Waals surface area contributed by atoms with E-state index in [0.29, 0.717) is 13.0 Å². The van der Waals surface area contributed by atoms with Crippen LogP contribution in [0.25, 0.3) is 0 Å². The van der Waals surface area contributed by atoms with Crippen LogP contribution in [0.5, 0.6) is 0 Å². The summed E-state index contributed by atoms with van der Waals surface area (Å²) < 4.78 is 0. The van der Waals surface area contributed by atoms with Crippen LogP contribution in [-0.4, -0.2) is 30.2 Å². The van der Waals surface area contributed by atoms with E-state index in [1.807, 2.05) is 13.8 Å². The summed E-state index contributed by atoms with van der Waals surface area (Å²) in [5, 5.41) is 11.3. The largest absolute Gasteiger partial charge is 0.396 e. The van der Waals surface area contributed by atoms with Gasteiger partial charge in [-0.2, -0.15) is 0 Å². The zero-order valence-corrected chi connectivity index (χ0v) is 7.71. The number of amides is 1. The predicted octanol–water partition coefficient (Wildman–Crippen LogP) is -0.532. The van der Waals surface area contributed by atoms with Crippen molar-refractivity contribution < 1.29 is 9.90 Å². The van der Waals surface area contributed by atoms with Crippen molar-refractivity contribution in [3.63, 3.8) is 0 Å². The fourth-order valence-corrected chi connectivity index (χ4v) is 0.656. The Balaban J connectivity index is 3.56. The summed E-state index contributed by atoms with van der Waals surface area (Å²) in [5.74, 6) is -0.0455. The average molecular weight is 174 g/mol. The average Bonchev–Trinajstić information content (AvgIpc) is 2.11.